The van der Waals surface area contributed by atoms with Gasteiger partial charge in [0.25, 0.3) is 0 Å². The summed E-state index contributed by atoms with van der Waals surface area (Å²) in [6.07, 6.45) is 0.378. The number of hydrogen-bond donors (Lipinski definition) is 0. The molecule has 0 unspecified atom stereocenters. The number of anilines is 1. The Morgan fingerprint density at radius 2 is 1.64 bits per heavy atom. The molecule has 2 aromatic rings. The van der Waals surface area contributed by atoms with E-state index in [2.05, 4.69) is 29.2 Å². The Morgan fingerprint density at radius 3 is 2.43 bits per heavy atom. The molecule has 28 heavy (non-hydrogen) atoms. The lowest BCUT2D eigenvalue weighted by molar-refractivity contribution is -0.132. The minimum Gasteiger partial charge on any atom is -0.340 e. The predicted octanol–water partition coefficient (Wildman–Crippen LogP) is 2.86. The molecule has 0 aromatic heterocycles. The quantitative estimate of drug-likeness (QED) is 0.781. The summed E-state index contributed by atoms with van der Waals surface area (Å²) in [5, 5.41) is 0. The maximum atomic E-state index is 12.7. The second kappa shape index (κ2) is 8.80. The lowest BCUT2D eigenvalue weighted by atomic mass is 10.2. The molecule has 4 rings (SSSR count). The summed E-state index contributed by atoms with van der Waals surface area (Å²) in [6, 6.07) is 18.4. The van der Waals surface area contributed by atoms with E-state index < -0.39 is 0 Å². The van der Waals surface area contributed by atoms with Gasteiger partial charge in [0.2, 0.25) is 11.8 Å². The topological polar surface area (TPSA) is 43.9 Å². The first-order chi connectivity index (χ1) is 13.7. The summed E-state index contributed by atoms with van der Waals surface area (Å²) in [5.41, 5.74) is 2.24. The first-order valence-electron chi connectivity index (χ1n) is 9.77. The first kappa shape index (κ1) is 19.0. The number of fused-ring (bicyclic) bond motifs is 1. The van der Waals surface area contributed by atoms with Crippen molar-refractivity contribution in [2.75, 3.05) is 43.4 Å². The maximum Gasteiger partial charge on any atom is 0.237 e. The monoisotopic (exact) mass is 395 g/mol. The van der Waals surface area contributed by atoms with Gasteiger partial charge in [0.15, 0.2) is 0 Å². The summed E-state index contributed by atoms with van der Waals surface area (Å²) in [4.78, 5) is 32.2. The standard InChI is InChI=1S/C22H25N3O2S/c26-21(10-11-25-19-8-4-5-9-20(19)28-17-22(25)27)24-14-12-23(13-15-24)16-18-6-2-1-3-7-18/h1-9H,10-17H2. The summed E-state index contributed by atoms with van der Waals surface area (Å²) in [6.45, 7) is 4.68. The highest BCUT2D eigenvalue weighted by Crippen LogP contribution is 2.34. The smallest absolute Gasteiger partial charge is 0.237 e. The van der Waals surface area contributed by atoms with Crippen LogP contribution in [-0.4, -0.2) is 60.1 Å². The van der Waals surface area contributed by atoms with Crippen molar-refractivity contribution in [2.45, 2.75) is 17.9 Å². The average molecular weight is 396 g/mol. The number of benzene rings is 2. The zero-order chi connectivity index (χ0) is 19.3. The highest BCUT2D eigenvalue weighted by atomic mass is 32.2. The van der Waals surface area contributed by atoms with Crippen LogP contribution in [0.3, 0.4) is 0 Å². The predicted molar refractivity (Wildman–Crippen MR) is 112 cm³/mol. The zero-order valence-corrected chi connectivity index (χ0v) is 16.7. The van der Waals surface area contributed by atoms with Crippen molar-refractivity contribution >= 4 is 29.3 Å². The van der Waals surface area contributed by atoms with E-state index in [9.17, 15) is 9.59 Å². The normalized spacial score (nSPS) is 17.5. The molecule has 0 spiro atoms. The molecule has 0 aliphatic carbocycles. The Bertz CT molecular complexity index is 835. The van der Waals surface area contributed by atoms with Gasteiger partial charge in [0.05, 0.1) is 11.4 Å². The fourth-order valence-electron chi connectivity index (χ4n) is 3.76. The van der Waals surface area contributed by atoms with E-state index in [4.69, 9.17) is 0 Å². The number of thioether (sulfide) groups is 1. The molecule has 2 aliphatic rings. The van der Waals surface area contributed by atoms with Gasteiger partial charge in [-0.2, -0.15) is 0 Å². The second-order valence-electron chi connectivity index (χ2n) is 7.19. The Balaban J connectivity index is 1.28. The fourth-order valence-corrected chi connectivity index (χ4v) is 4.70. The average Bonchev–Trinajstić information content (AvgIpc) is 2.74. The minimum atomic E-state index is 0.0872. The van der Waals surface area contributed by atoms with Crippen molar-refractivity contribution in [1.82, 2.24) is 9.80 Å². The third-order valence-corrected chi connectivity index (χ3v) is 6.38. The molecular formula is C22H25N3O2S. The van der Waals surface area contributed by atoms with Crippen LogP contribution in [0.1, 0.15) is 12.0 Å². The van der Waals surface area contributed by atoms with Crippen molar-refractivity contribution in [3.8, 4) is 0 Å². The van der Waals surface area contributed by atoms with Crippen LogP contribution in [0.15, 0.2) is 59.5 Å². The van der Waals surface area contributed by atoms with Crippen LogP contribution in [0.4, 0.5) is 5.69 Å². The van der Waals surface area contributed by atoms with Crippen LogP contribution in [0.25, 0.3) is 0 Å². The van der Waals surface area contributed by atoms with E-state index in [0.717, 1.165) is 43.3 Å². The molecule has 146 valence electrons. The van der Waals surface area contributed by atoms with Gasteiger partial charge < -0.3 is 9.80 Å². The number of amides is 2. The van der Waals surface area contributed by atoms with Crippen LogP contribution >= 0.6 is 11.8 Å². The van der Waals surface area contributed by atoms with Gasteiger partial charge >= 0.3 is 0 Å². The van der Waals surface area contributed by atoms with E-state index in [-0.39, 0.29) is 11.8 Å². The molecule has 0 radical (unpaired) electrons. The zero-order valence-electron chi connectivity index (χ0n) is 15.9. The summed E-state index contributed by atoms with van der Waals surface area (Å²) < 4.78 is 0. The molecule has 0 bridgehead atoms. The number of carbonyl (C=O) groups excluding carboxylic acids is 2. The largest absolute Gasteiger partial charge is 0.340 e. The molecule has 0 saturated carbocycles. The third-order valence-electron chi connectivity index (χ3n) is 5.33. The Hall–Kier alpha value is -2.31. The van der Waals surface area contributed by atoms with Crippen LogP contribution in [-0.2, 0) is 16.1 Å². The molecule has 0 atom stereocenters. The second-order valence-corrected chi connectivity index (χ2v) is 8.21. The van der Waals surface area contributed by atoms with E-state index in [1.807, 2.05) is 35.2 Å². The van der Waals surface area contributed by atoms with Crippen molar-refractivity contribution < 1.29 is 9.59 Å². The van der Waals surface area contributed by atoms with Crippen molar-refractivity contribution in [2.24, 2.45) is 0 Å². The van der Waals surface area contributed by atoms with Crippen LogP contribution in [0.2, 0.25) is 0 Å². The molecule has 0 N–H and O–H groups in total. The van der Waals surface area contributed by atoms with Gasteiger partial charge in [0, 0.05) is 50.6 Å². The molecule has 2 aliphatic heterocycles. The first-order valence-corrected chi connectivity index (χ1v) is 10.8. The summed E-state index contributed by atoms with van der Waals surface area (Å²) in [7, 11) is 0. The number of nitrogens with zero attached hydrogens (tertiary/aromatic N) is 3. The molecule has 1 fully saturated rings. The van der Waals surface area contributed by atoms with Gasteiger partial charge in [-0.3, -0.25) is 14.5 Å². The molecular weight excluding hydrogens is 370 g/mol. The number of para-hydroxylation sites is 1. The van der Waals surface area contributed by atoms with Crippen molar-refractivity contribution in [3.63, 3.8) is 0 Å². The van der Waals surface area contributed by atoms with E-state index >= 15 is 0 Å². The number of piperazine rings is 1. The van der Waals surface area contributed by atoms with Gasteiger partial charge in [0.1, 0.15) is 0 Å². The van der Waals surface area contributed by atoms with Crippen LogP contribution in [0.5, 0.6) is 0 Å². The van der Waals surface area contributed by atoms with Crippen LogP contribution < -0.4 is 4.90 Å². The van der Waals surface area contributed by atoms with E-state index in [1.54, 1.807) is 16.7 Å². The highest BCUT2D eigenvalue weighted by Gasteiger charge is 2.26. The van der Waals surface area contributed by atoms with Gasteiger partial charge in [-0.25, -0.2) is 0 Å². The number of hydrogen-bond acceptors (Lipinski definition) is 4. The van der Waals surface area contributed by atoms with Crippen molar-refractivity contribution in [1.29, 1.82) is 0 Å². The van der Waals surface area contributed by atoms with E-state index in [0.29, 0.717) is 18.7 Å². The van der Waals surface area contributed by atoms with Gasteiger partial charge in [-0.15, -0.1) is 11.8 Å². The van der Waals surface area contributed by atoms with Gasteiger partial charge in [-0.05, 0) is 17.7 Å². The third kappa shape index (κ3) is 4.39. The van der Waals surface area contributed by atoms with Gasteiger partial charge in [-0.1, -0.05) is 42.5 Å². The SMILES string of the molecule is O=C(CCN1C(=O)CSc2ccccc21)N1CCN(Cc2ccccc2)CC1. The lowest BCUT2D eigenvalue weighted by Gasteiger charge is -2.35. The molecule has 1 saturated heterocycles. The Morgan fingerprint density at radius 1 is 0.929 bits per heavy atom. The number of rotatable bonds is 5. The number of carbonyl (C=O) groups is 2. The Labute approximate surface area is 170 Å². The maximum absolute atomic E-state index is 12.7. The summed E-state index contributed by atoms with van der Waals surface area (Å²) >= 11 is 1.57. The van der Waals surface area contributed by atoms with Crippen molar-refractivity contribution in [3.05, 3.63) is 60.2 Å². The molecule has 2 aromatic carbocycles. The summed E-state index contributed by atoms with van der Waals surface area (Å²) in [5.74, 6) is 0.677. The molecule has 6 heteroatoms. The lowest BCUT2D eigenvalue weighted by Crippen LogP contribution is -2.49. The molecule has 5 nitrogen and oxygen atoms in total. The Kier molecular flexibility index (Phi) is 5.98. The molecule has 2 amide bonds. The minimum absolute atomic E-state index is 0.0872. The van der Waals surface area contributed by atoms with E-state index in [1.165, 1.54) is 5.56 Å². The molecule has 2 heterocycles. The fraction of sp³-hybridized carbons (Fsp3) is 0.364. The van der Waals surface area contributed by atoms with Crippen LogP contribution in [0, 0.1) is 0 Å². The highest BCUT2D eigenvalue weighted by molar-refractivity contribution is 8.00.